The monoisotopic (exact) mass is 385 g/mol. The van der Waals surface area contributed by atoms with Gasteiger partial charge in [-0.25, -0.2) is 9.97 Å². The predicted molar refractivity (Wildman–Crippen MR) is 93.1 cm³/mol. The van der Waals surface area contributed by atoms with Crippen LogP contribution in [0.3, 0.4) is 0 Å². The van der Waals surface area contributed by atoms with E-state index in [-0.39, 0.29) is 0 Å². The summed E-state index contributed by atoms with van der Waals surface area (Å²) in [5, 5.41) is 0.597. The summed E-state index contributed by atoms with van der Waals surface area (Å²) in [6.07, 6.45) is 5.16. The Kier molecular flexibility index (Phi) is 3.55. The summed E-state index contributed by atoms with van der Waals surface area (Å²) in [6, 6.07) is 9.34. The SMILES string of the molecule is Clc1cccnc1-c1ccc(-c2nc3ncc(Br)cc3[nH]2)nc1. The highest BCUT2D eigenvalue weighted by atomic mass is 79.9. The summed E-state index contributed by atoms with van der Waals surface area (Å²) in [7, 11) is 0. The van der Waals surface area contributed by atoms with Crippen LogP contribution in [0.25, 0.3) is 33.9 Å². The van der Waals surface area contributed by atoms with E-state index in [9.17, 15) is 0 Å². The maximum Gasteiger partial charge on any atom is 0.178 e. The van der Waals surface area contributed by atoms with Crippen LogP contribution in [0.4, 0.5) is 0 Å². The summed E-state index contributed by atoms with van der Waals surface area (Å²) in [6.45, 7) is 0. The molecule has 0 aliphatic heterocycles. The average molecular weight is 387 g/mol. The Morgan fingerprint density at radius 2 is 1.96 bits per heavy atom. The second-order valence-corrected chi connectivity index (χ2v) is 6.20. The van der Waals surface area contributed by atoms with Gasteiger partial charge in [-0.05, 0) is 46.3 Å². The van der Waals surface area contributed by atoms with E-state index in [1.807, 2.05) is 18.2 Å². The summed E-state index contributed by atoms with van der Waals surface area (Å²) < 4.78 is 0.897. The Hall–Kier alpha value is -2.31. The van der Waals surface area contributed by atoms with Crippen LogP contribution >= 0.6 is 27.5 Å². The molecule has 4 aromatic rings. The lowest BCUT2D eigenvalue weighted by Crippen LogP contribution is -1.89. The van der Waals surface area contributed by atoms with E-state index in [1.165, 1.54) is 0 Å². The molecular weight excluding hydrogens is 378 g/mol. The first-order valence-corrected chi connectivity index (χ1v) is 7.96. The molecule has 0 aliphatic rings. The van der Waals surface area contributed by atoms with Gasteiger partial charge in [-0.2, -0.15) is 0 Å². The number of aromatic amines is 1. The molecule has 4 aromatic heterocycles. The second kappa shape index (κ2) is 5.72. The van der Waals surface area contributed by atoms with Gasteiger partial charge in [0, 0.05) is 28.6 Å². The molecule has 0 saturated carbocycles. The normalized spacial score (nSPS) is 11.0. The average Bonchev–Trinajstić information content (AvgIpc) is 2.98. The van der Waals surface area contributed by atoms with Crippen LogP contribution in [-0.2, 0) is 0 Å². The van der Waals surface area contributed by atoms with Crippen LogP contribution in [0.5, 0.6) is 0 Å². The Bertz CT molecular complexity index is 997. The number of hydrogen-bond acceptors (Lipinski definition) is 4. The fraction of sp³-hybridized carbons (Fsp3) is 0. The fourth-order valence-corrected chi connectivity index (χ4v) is 2.83. The van der Waals surface area contributed by atoms with Gasteiger partial charge in [0.25, 0.3) is 0 Å². The third kappa shape index (κ3) is 2.71. The number of rotatable bonds is 2. The molecule has 0 unspecified atom stereocenters. The molecule has 0 amide bonds. The largest absolute Gasteiger partial charge is 0.335 e. The van der Waals surface area contributed by atoms with Crippen LogP contribution in [0.2, 0.25) is 5.02 Å². The van der Waals surface area contributed by atoms with Crippen molar-refractivity contribution in [1.82, 2.24) is 24.9 Å². The van der Waals surface area contributed by atoms with Crippen molar-refractivity contribution in [2.24, 2.45) is 0 Å². The van der Waals surface area contributed by atoms with E-state index in [0.717, 1.165) is 21.2 Å². The van der Waals surface area contributed by atoms with Crippen LogP contribution < -0.4 is 0 Å². The van der Waals surface area contributed by atoms with Crippen molar-refractivity contribution in [3.05, 3.63) is 58.4 Å². The minimum absolute atomic E-state index is 0.597. The molecule has 23 heavy (non-hydrogen) atoms. The molecule has 4 rings (SSSR count). The highest BCUT2D eigenvalue weighted by molar-refractivity contribution is 9.10. The summed E-state index contributed by atoms with van der Waals surface area (Å²) in [5.41, 5.74) is 3.81. The minimum Gasteiger partial charge on any atom is -0.335 e. The molecular formula is C16H9BrClN5. The quantitative estimate of drug-likeness (QED) is 0.551. The van der Waals surface area contributed by atoms with Crippen molar-refractivity contribution in [2.75, 3.05) is 0 Å². The third-order valence-electron chi connectivity index (χ3n) is 3.34. The highest BCUT2D eigenvalue weighted by Gasteiger charge is 2.10. The maximum atomic E-state index is 6.16. The van der Waals surface area contributed by atoms with E-state index < -0.39 is 0 Å². The predicted octanol–water partition coefficient (Wildman–Crippen LogP) is 4.50. The Morgan fingerprint density at radius 3 is 2.74 bits per heavy atom. The topological polar surface area (TPSA) is 67.3 Å². The van der Waals surface area contributed by atoms with Gasteiger partial charge in [-0.15, -0.1) is 0 Å². The molecule has 0 atom stereocenters. The fourth-order valence-electron chi connectivity index (χ4n) is 2.27. The molecule has 4 heterocycles. The molecule has 0 saturated heterocycles. The molecule has 0 radical (unpaired) electrons. The molecule has 0 aromatic carbocycles. The smallest absolute Gasteiger partial charge is 0.178 e. The number of nitrogens with one attached hydrogen (secondary N) is 1. The minimum atomic E-state index is 0.597. The lowest BCUT2D eigenvalue weighted by atomic mass is 10.2. The van der Waals surface area contributed by atoms with Crippen molar-refractivity contribution in [3.8, 4) is 22.8 Å². The van der Waals surface area contributed by atoms with Gasteiger partial charge in [-0.1, -0.05) is 11.6 Å². The van der Waals surface area contributed by atoms with E-state index in [2.05, 4.69) is 40.8 Å². The van der Waals surface area contributed by atoms with Gasteiger partial charge >= 0.3 is 0 Å². The third-order valence-corrected chi connectivity index (χ3v) is 4.08. The number of fused-ring (bicyclic) bond motifs is 1. The first-order chi connectivity index (χ1) is 11.2. The lowest BCUT2D eigenvalue weighted by Gasteiger charge is -2.03. The van der Waals surface area contributed by atoms with E-state index >= 15 is 0 Å². The van der Waals surface area contributed by atoms with Crippen molar-refractivity contribution in [2.45, 2.75) is 0 Å². The van der Waals surface area contributed by atoms with Gasteiger partial charge in [0.2, 0.25) is 0 Å². The van der Waals surface area contributed by atoms with Gasteiger partial charge in [0.1, 0.15) is 5.69 Å². The molecule has 112 valence electrons. The molecule has 0 spiro atoms. The number of H-pyrrole nitrogens is 1. The number of imidazole rings is 1. The van der Waals surface area contributed by atoms with Crippen molar-refractivity contribution < 1.29 is 0 Å². The van der Waals surface area contributed by atoms with Crippen LogP contribution in [0.15, 0.2) is 53.4 Å². The number of aromatic nitrogens is 5. The zero-order chi connectivity index (χ0) is 15.8. The number of halogens is 2. The van der Waals surface area contributed by atoms with Gasteiger partial charge < -0.3 is 4.98 Å². The number of pyridine rings is 3. The maximum absolute atomic E-state index is 6.16. The van der Waals surface area contributed by atoms with Gasteiger partial charge in [0.15, 0.2) is 11.5 Å². The van der Waals surface area contributed by atoms with E-state index in [4.69, 9.17) is 11.6 Å². The first-order valence-electron chi connectivity index (χ1n) is 6.79. The summed E-state index contributed by atoms with van der Waals surface area (Å²) in [5.74, 6) is 0.671. The van der Waals surface area contributed by atoms with Crippen LogP contribution in [-0.4, -0.2) is 24.9 Å². The van der Waals surface area contributed by atoms with Crippen LogP contribution in [0, 0.1) is 0 Å². The lowest BCUT2D eigenvalue weighted by molar-refractivity contribution is 1.22. The molecule has 5 nitrogen and oxygen atoms in total. The molecule has 0 bridgehead atoms. The molecule has 7 heteroatoms. The Balaban J connectivity index is 1.73. The number of nitrogens with zero attached hydrogens (tertiary/aromatic N) is 4. The first kappa shape index (κ1) is 14.3. The standard InChI is InChI=1S/C16H9BrClN5/c17-10-6-13-15(21-8-10)23-16(22-13)12-4-3-9(7-20-12)14-11(18)2-1-5-19-14/h1-8H,(H,21,22,23). The zero-order valence-electron chi connectivity index (χ0n) is 11.7. The highest BCUT2D eigenvalue weighted by Crippen LogP contribution is 2.26. The van der Waals surface area contributed by atoms with Crippen molar-refractivity contribution in [1.29, 1.82) is 0 Å². The van der Waals surface area contributed by atoms with Crippen molar-refractivity contribution >= 4 is 38.7 Å². The van der Waals surface area contributed by atoms with Gasteiger partial charge in [0.05, 0.1) is 16.2 Å². The van der Waals surface area contributed by atoms with Crippen molar-refractivity contribution in [3.63, 3.8) is 0 Å². The number of hydrogen-bond donors (Lipinski definition) is 1. The van der Waals surface area contributed by atoms with Crippen LogP contribution in [0.1, 0.15) is 0 Å². The van der Waals surface area contributed by atoms with E-state index in [0.29, 0.717) is 22.2 Å². The Labute approximate surface area is 144 Å². The summed E-state index contributed by atoms with van der Waals surface area (Å²) >= 11 is 9.56. The van der Waals surface area contributed by atoms with Gasteiger partial charge in [-0.3, -0.25) is 9.97 Å². The molecule has 0 aliphatic carbocycles. The molecule has 0 fully saturated rings. The van der Waals surface area contributed by atoms with E-state index in [1.54, 1.807) is 30.7 Å². The zero-order valence-corrected chi connectivity index (χ0v) is 14.0. The molecule has 1 N–H and O–H groups in total. The summed E-state index contributed by atoms with van der Waals surface area (Å²) in [4.78, 5) is 20.7. The second-order valence-electron chi connectivity index (χ2n) is 4.88. The Morgan fingerprint density at radius 1 is 1.04 bits per heavy atom.